The minimum Gasteiger partial charge on any atom is -0.359 e. The fraction of sp³-hybridized carbons (Fsp3) is 0.438. The molecule has 1 aliphatic heterocycles. The van der Waals surface area contributed by atoms with E-state index in [0.717, 1.165) is 42.7 Å². The maximum Gasteiger partial charge on any atom is 0.191 e. The van der Waals surface area contributed by atoms with E-state index in [1.165, 1.54) is 0 Å². The highest BCUT2D eigenvalue weighted by Crippen LogP contribution is 2.25. The van der Waals surface area contributed by atoms with Crippen LogP contribution in [0.15, 0.2) is 33.9 Å². The number of halogens is 2. The Hall–Kier alpha value is -1.55. The summed E-state index contributed by atoms with van der Waals surface area (Å²) in [6, 6.07) is 5.89. The first-order valence-corrected chi connectivity index (χ1v) is 8.28. The van der Waals surface area contributed by atoms with Crippen LogP contribution >= 0.6 is 35.6 Å². The summed E-state index contributed by atoms with van der Waals surface area (Å²) in [4.78, 5) is 10.8. The first-order valence-electron chi connectivity index (χ1n) is 7.90. The number of guanidine groups is 1. The third kappa shape index (κ3) is 5.21. The molecule has 7 nitrogen and oxygen atoms in total. The van der Waals surface area contributed by atoms with Crippen molar-refractivity contribution in [1.82, 2.24) is 20.8 Å². The highest BCUT2D eigenvalue weighted by Gasteiger charge is 2.25. The van der Waals surface area contributed by atoms with E-state index in [2.05, 4.69) is 30.7 Å². The highest BCUT2D eigenvalue weighted by atomic mass is 127. The number of aromatic nitrogens is 2. The Morgan fingerprint density at radius 2 is 2.36 bits per heavy atom. The Bertz CT molecular complexity index is 722. The minimum absolute atomic E-state index is 0. The van der Waals surface area contributed by atoms with E-state index in [9.17, 15) is 0 Å². The van der Waals surface area contributed by atoms with Crippen LogP contribution in [0.3, 0.4) is 0 Å². The summed E-state index contributed by atoms with van der Waals surface area (Å²) in [6.45, 7) is 4.19. The Morgan fingerprint density at radius 3 is 3.04 bits per heavy atom. The largest absolute Gasteiger partial charge is 0.359 e. The van der Waals surface area contributed by atoms with Gasteiger partial charge >= 0.3 is 0 Å². The van der Waals surface area contributed by atoms with Crippen molar-refractivity contribution in [2.24, 2.45) is 4.99 Å². The van der Waals surface area contributed by atoms with Gasteiger partial charge < -0.3 is 20.1 Å². The van der Waals surface area contributed by atoms with Crippen molar-refractivity contribution in [2.75, 3.05) is 25.0 Å². The molecule has 2 aromatic rings. The number of hydrogen-bond donors (Lipinski definition) is 2. The molecule has 3 rings (SSSR count). The van der Waals surface area contributed by atoms with Crippen molar-refractivity contribution >= 4 is 47.4 Å². The second kappa shape index (κ2) is 9.23. The van der Waals surface area contributed by atoms with E-state index >= 15 is 0 Å². The maximum atomic E-state index is 6.23. The normalized spacial score (nSPS) is 17.3. The highest BCUT2D eigenvalue weighted by molar-refractivity contribution is 14.0. The molecule has 1 aliphatic rings. The summed E-state index contributed by atoms with van der Waals surface area (Å²) in [6.07, 6.45) is 2.76. The van der Waals surface area contributed by atoms with Crippen LogP contribution < -0.4 is 15.5 Å². The average Bonchev–Trinajstić information content (AvgIpc) is 3.21. The van der Waals surface area contributed by atoms with E-state index in [0.29, 0.717) is 11.6 Å². The van der Waals surface area contributed by atoms with Crippen LogP contribution in [0, 0.1) is 6.92 Å². The summed E-state index contributed by atoms with van der Waals surface area (Å²) >= 11 is 6.23. The predicted octanol–water partition coefficient (Wildman–Crippen LogP) is 2.59. The van der Waals surface area contributed by atoms with Crippen molar-refractivity contribution < 1.29 is 4.52 Å². The molecule has 0 aromatic carbocycles. The van der Waals surface area contributed by atoms with Crippen molar-refractivity contribution in [3.63, 3.8) is 0 Å². The lowest BCUT2D eigenvalue weighted by molar-refractivity contribution is 0.376. The number of aryl methyl sites for hydroxylation is 1. The van der Waals surface area contributed by atoms with Crippen LogP contribution in [0.1, 0.15) is 17.9 Å². The lowest BCUT2D eigenvalue weighted by atomic mass is 10.3. The van der Waals surface area contributed by atoms with Gasteiger partial charge in [0.1, 0.15) is 5.82 Å². The Balaban J connectivity index is 0.00000225. The van der Waals surface area contributed by atoms with Gasteiger partial charge in [-0.3, -0.25) is 4.99 Å². The van der Waals surface area contributed by atoms with Crippen LogP contribution in [0.2, 0.25) is 5.02 Å². The Morgan fingerprint density at radius 1 is 1.52 bits per heavy atom. The lowest BCUT2D eigenvalue weighted by Gasteiger charge is -2.20. The Kier molecular flexibility index (Phi) is 7.30. The molecule has 2 N–H and O–H groups in total. The molecule has 25 heavy (non-hydrogen) atoms. The fourth-order valence-corrected chi connectivity index (χ4v) is 2.98. The van der Waals surface area contributed by atoms with Crippen LogP contribution in [0.4, 0.5) is 5.82 Å². The van der Waals surface area contributed by atoms with Gasteiger partial charge in [0.2, 0.25) is 0 Å². The average molecular weight is 477 g/mol. The van der Waals surface area contributed by atoms with Crippen LogP contribution in [-0.4, -0.2) is 42.3 Å². The van der Waals surface area contributed by atoms with Gasteiger partial charge in [0.15, 0.2) is 11.7 Å². The monoisotopic (exact) mass is 476 g/mol. The van der Waals surface area contributed by atoms with E-state index in [-0.39, 0.29) is 30.0 Å². The smallest absolute Gasteiger partial charge is 0.191 e. The number of nitrogens with one attached hydrogen (secondary N) is 2. The fourth-order valence-electron chi connectivity index (χ4n) is 2.74. The summed E-state index contributed by atoms with van der Waals surface area (Å²) in [7, 11) is 1.75. The van der Waals surface area contributed by atoms with Gasteiger partial charge in [0.05, 0.1) is 17.3 Å². The second-order valence-corrected chi connectivity index (χ2v) is 6.15. The van der Waals surface area contributed by atoms with E-state index in [4.69, 9.17) is 16.1 Å². The van der Waals surface area contributed by atoms with Crippen LogP contribution in [0.25, 0.3) is 0 Å². The maximum absolute atomic E-state index is 6.23. The third-order valence-electron chi connectivity index (χ3n) is 3.90. The van der Waals surface area contributed by atoms with Gasteiger partial charge in [0.25, 0.3) is 0 Å². The summed E-state index contributed by atoms with van der Waals surface area (Å²) in [5, 5.41) is 11.2. The zero-order valence-electron chi connectivity index (χ0n) is 14.2. The first kappa shape index (κ1) is 19.8. The molecule has 0 aliphatic carbocycles. The summed E-state index contributed by atoms with van der Waals surface area (Å²) in [5.41, 5.74) is 0.869. The van der Waals surface area contributed by atoms with Gasteiger partial charge in [0, 0.05) is 38.4 Å². The van der Waals surface area contributed by atoms with E-state index in [1.54, 1.807) is 13.2 Å². The van der Waals surface area contributed by atoms with E-state index < -0.39 is 0 Å². The SMILES string of the molecule is CN=C(NCc1cc(C)no1)NC1CCN(c2ncccc2Cl)C1.I. The number of pyridine rings is 1. The molecule has 1 saturated heterocycles. The molecule has 9 heteroatoms. The number of rotatable bonds is 4. The molecule has 1 atom stereocenters. The predicted molar refractivity (Wildman–Crippen MR) is 110 cm³/mol. The second-order valence-electron chi connectivity index (χ2n) is 5.75. The van der Waals surface area contributed by atoms with Crippen molar-refractivity contribution in [3.05, 3.63) is 40.9 Å². The van der Waals surface area contributed by atoms with Gasteiger partial charge in [-0.1, -0.05) is 16.8 Å². The molecule has 0 radical (unpaired) electrons. The van der Waals surface area contributed by atoms with Crippen LogP contribution in [-0.2, 0) is 6.54 Å². The molecular formula is C16H22ClIN6O. The van der Waals surface area contributed by atoms with E-state index in [1.807, 2.05) is 25.1 Å². The quantitative estimate of drug-likeness (QED) is 0.401. The standard InChI is InChI=1S/C16H21ClN6O.HI/c1-11-8-13(24-22-11)9-20-16(18-2)21-12-5-7-23(10-12)15-14(17)4-3-6-19-15;/h3-4,6,8,12H,5,7,9-10H2,1-2H3,(H2,18,20,21);1H. The Labute approximate surface area is 169 Å². The number of anilines is 1. The van der Waals surface area contributed by atoms with Gasteiger partial charge in [-0.25, -0.2) is 4.98 Å². The zero-order valence-corrected chi connectivity index (χ0v) is 17.3. The van der Waals surface area contributed by atoms with Crippen molar-refractivity contribution in [1.29, 1.82) is 0 Å². The molecule has 1 fully saturated rings. The third-order valence-corrected chi connectivity index (χ3v) is 4.19. The molecule has 0 spiro atoms. The molecule has 0 saturated carbocycles. The molecular weight excluding hydrogens is 455 g/mol. The number of aliphatic imine (C=N–C) groups is 1. The van der Waals surface area contributed by atoms with Crippen molar-refractivity contribution in [3.8, 4) is 0 Å². The summed E-state index contributed by atoms with van der Waals surface area (Å²) < 4.78 is 5.19. The molecule has 0 amide bonds. The molecule has 1 unspecified atom stereocenters. The minimum atomic E-state index is 0. The van der Waals surface area contributed by atoms with Gasteiger partial charge in [-0.2, -0.15) is 0 Å². The van der Waals surface area contributed by atoms with Gasteiger partial charge in [-0.05, 0) is 25.5 Å². The first-order chi connectivity index (χ1) is 11.7. The van der Waals surface area contributed by atoms with Crippen LogP contribution in [0.5, 0.6) is 0 Å². The molecule has 136 valence electrons. The molecule has 3 heterocycles. The topological polar surface area (TPSA) is 78.6 Å². The summed E-state index contributed by atoms with van der Waals surface area (Å²) in [5.74, 6) is 2.36. The zero-order chi connectivity index (χ0) is 16.9. The molecule has 2 aromatic heterocycles. The molecule has 0 bridgehead atoms. The van der Waals surface area contributed by atoms with Gasteiger partial charge in [-0.15, -0.1) is 24.0 Å². The lowest BCUT2D eigenvalue weighted by Crippen LogP contribution is -2.44. The number of nitrogens with zero attached hydrogens (tertiary/aromatic N) is 4. The van der Waals surface area contributed by atoms with Crippen molar-refractivity contribution in [2.45, 2.75) is 25.9 Å². The number of hydrogen-bond acceptors (Lipinski definition) is 5.